The van der Waals surface area contributed by atoms with Gasteiger partial charge in [0.1, 0.15) is 0 Å². The van der Waals surface area contributed by atoms with Crippen LogP contribution in [0.3, 0.4) is 0 Å². The second-order valence-corrected chi connectivity index (χ2v) is 3.61. The van der Waals surface area contributed by atoms with Crippen molar-refractivity contribution in [3.8, 4) is 11.6 Å². The third-order valence-electron chi connectivity index (χ3n) is 2.18. The van der Waals surface area contributed by atoms with Crippen molar-refractivity contribution in [2.24, 2.45) is 0 Å². The lowest BCUT2D eigenvalue weighted by atomic mass is 10.4. The molecule has 3 heterocycles. The number of H-pyrrole nitrogens is 1. The Kier molecular flexibility index (Phi) is 1.87. The highest BCUT2D eigenvalue weighted by Crippen LogP contribution is 2.21. The Morgan fingerprint density at radius 1 is 1.31 bits per heavy atom. The number of aromatic amines is 1. The fourth-order valence-electron chi connectivity index (χ4n) is 1.48. The molecule has 0 spiro atoms. The topological polar surface area (TPSA) is 63.3 Å². The van der Waals surface area contributed by atoms with E-state index in [1.54, 1.807) is 24.3 Å². The number of aromatic nitrogens is 3. The maximum absolute atomic E-state index is 11.5. The Labute approximate surface area is 94.3 Å². The van der Waals surface area contributed by atoms with Gasteiger partial charge in [-0.25, -0.2) is 4.98 Å². The molecule has 6 heteroatoms. The minimum atomic E-state index is -0.172. The lowest BCUT2D eigenvalue weighted by molar-refractivity contribution is 0.579. The van der Waals surface area contributed by atoms with Crippen molar-refractivity contribution in [3.05, 3.63) is 45.9 Å². The van der Waals surface area contributed by atoms with Gasteiger partial charge < -0.3 is 4.42 Å². The molecule has 16 heavy (non-hydrogen) atoms. The maximum atomic E-state index is 11.5. The van der Waals surface area contributed by atoms with Crippen LogP contribution in [0, 0.1) is 0 Å². The summed E-state index contributed by atoms with van der Waals surface area (Å²) in [6.07, 6.45) is 0. The van der Waals surface area contributed by atoms with Crippen molar-refractivity contribution in [1.82, 2.24) is 14.6 Å². The first-order chi connectivity index (χ1) is 7.74. The lowest BCUT2D eigenvalue weighted by Crippen LogP contribution is -2.11. The van der Waals surface area contributed by atoms with Gasteiger partial charge in [-0.3, -0.25) is 9.89 Å². The Balaban J connectivity index is 2.26. The number of hydrogen-bond donors (Lipinski definition) is 1. The lowest BCUT2D eigenvalue weighted by Gasteiger charge is -1.87. The zero-order valence-electron chi connectivity index (χ0n) is 7.98. The van der Waals surface area contributed by atoms with Crippen molar-refractivity contribution in [1.29, 1.82) is 0 Å². The summed E-state index contributed by atoms with van der Waals surface area (Å²) < 4.78 is 6.53. The second kappa shape index (κ2) is 3.24. The summed E-state index contributed by atoms with van der Waals surface area (Å²) in [6, 6.07) is 8.13. The first-order valence-corrected chi connectivity index (χ1v) is 4.95. The predicted octanol–water partition coefficient (Wildman–Crippen LogP) is 1.94. The SMILES string of the molecule is O=c1cccc2nc(-c3ccc(Cl)o3)[nH]n12. The Hall–Kier alpha value is -2.01. The van der Waals surface area contributed by atoms with Crippen LogP contribution in [0.25, 0.3) is 17.2 Å². The first kappa shape index (κ1) is 9.23. The molecule has 0 saturated heterocycles. The van der Waals surface area contributed by atoms with Crippen LogP contribution in [0.15, 0.2) is 39.5 Å². The van der Waals surface area contributed by atoms with Gasteiger partial charge in [0, 0.05) is 6.07 Å². The van der Waals surface area contributed by atoms with Crippen LogP contribution in [0.1, 0.15) is 0 Å². The van der Waals surface area contributed by atoms with E-state index in [9.17, 15) is 4.79 Å². The Morgan fingerprint density at radius 3 is 2.88 bits per heavy atom. The number of furan rings is 1. The molecule has 1 N–H and O–H groups in total. The summed E-state index contributed by atoms with van der Waals surface area (Å²) >= 11 is 5.66. The van der Waals surface area contributed by atoms with E-state index in [2.05, 4.69) is 10.1 Å². The molecule has 0 aliphatic rings. The van der Waals surface area contributed by atoms with Crippen LogP contribution in [0.5, 0.6) is 0 Å². The molecule has 3 rings (SSSR count). The monoisotopic (exact) mass is 235 g/mol. The van der Waals surface area contributed by atoms with Gasteiger partial charge in [0.2, 0.25) is 0 Å². The van der Waals surface area contributed by atoms with Crippen molar-refractivity contribution in [2.45, 2.75) is 0 Å². The highest BCUT2D eigenvalue weighted by atomic mass is 35.5. The van der Waals surface area contributed by atoms with Gasteiger partial charge in [0.15, 0.2) is 22.5 Å². The van der Waals surface area contributed by atoms with E-state index in [1.807, 2.05) is 0 Å². The van der Waals surface area contributed by atoms with Gasteiger partial charge in [0.05, 0.1) is 0 Å². The highest BCUT2D eigenvalue weighted by molar-refractivity contribution is 6.28. The molecule has 0 atom stereocenters. The zero-order valence-corrected chi connectivity index (χ0v) is 8.73. The number of hydrogen-bond acceptors (Lipinski definition) is 3. The van der Waals surface area contributed by atoms with E-state index < -0.39 is 0 Å². The first-order valence-electron chi connectivity index (χ1n) is 4.57. The number of pyridine rings is 1. The largest absolute Gasteiger partial charge is 0.441 e. The number of nitrogens with one attached hydrogen (secondary N) is 1. The maximum Gasteiger partial charge on any atom is 0.271 e. The van der Waals surface area contributed by atoms with E-state index in [1.165, 1.54) is 10.6 Å². The molecular weight excluding hydrogens is 230 g/mol. The molecule has 0 aliphatic carbocycles. The quantitative estimate of drug-likeness (QED) is 0.701. The van der Waals surface area contributed by atoms with Crippen molar-refractivity contribution in [2.75, 3.05) is 0 Å². The van der Waals surface area contributed by atoms with E-state index in [4.69, 9.17) is 16.0 Å². The van der Waals surface area contributed by atoms with Crippen LogP contribution in [-0.4, -0.2) is 14.6 Å². The molecule has 0 amide bonds. The van der Waals surface area contributed by atoms with Gasteiger partial charge in [-0.2, -0.15) is 4.52 Å². The summed E-state index contributed by atoms with van der Waals surface area (Å²) in [7, 11) is 0. The molecule has 0 bridgehead atoms. The van der Waals surface area contributed by atoms with Gasteiger partial charge in [-0.1, -0.05) is 6.07 Å². The van der Waals surface area contributed by atoms with Crippen LogP contribution in [0.4, 0.5) is 0 Å². The molecule has 0 aliphatic heterocycles. The Morgan fingerprint density at radius 2 is 2.19 bits per heavy atom. The number of rotatable bonds is 1. The third-order valence-corrected chi connectivity index (χ3v) is 2.39. The molecular formula is C10H6ClN3O2. The third kappa shape index (κ3) is 1.33. The average molecular weight is 236 g/mol. The number of halogens is 1. The van der Waals surface area contributed by atoms with E-state index >= 15 is 0 Å². The summed E-state index contributed by atoms with van der Waals surface area (Å²) in [5.74, 6) is 0.961. The number of nitrogens with zero attached hydrogens (tertiary/aromatic N) is 2. The van der Waals surface area contributed by atoms with E-state index in [-0.39, 0.29) is 10.8 Å². The van der Waals surface area contributed by atoms with Gasteiger partial charge in [-0.15, -0.1) is 0 Å². The van der Waals surface area contributed by atoms with Gasteiger partial charge in [-0.05, 0) is 29.8 Å². The fourth-order valence-corrected chi connectivity index (χ4v) is 1.62. The molecule has 3 aromatic heterocycles. The standard InChI is InChI=1S/C10H6ClN3O2/c11-7-5-4-6(16-7)10-12-8-2-1-3-9(15)14(8)13-10/h1-5H,(H,12,13). The van der Waals surface area contributed by atoms with E-state index in [0.717, 1.165) is 0 Å². The summed E-state index contributed by atoms with van der Waals surface area (Å²) in [5.41, 5.74) is 0.365. The minimum absolute atomic E-state index is 0.172. The van der Waals surface area contributed by atoms with Crippen molar-refractivity contribution in [3.63, 3.8) is 0 Å². The van der Waals surface area contributed by atoms with E-state index in [0.29, 0.717) is 17.2 Å². The zero-order chi connectivity index (χ0) is 11.1. The predicted molar refractivity (Wildman–Crippen MR) is 58.5 cm³/mol. The molecule has 0 unspecified atom stereocenters. The van der Waals surface area contributed by atoms with Crippen LogP contribution >= 0.6 is 11.6 Å². The van der Waals surface area contributed by atoms with Crippen LogP contribution < -0.4 is 5.56 Å². The van der Waals surface area contributed by atoms with Crippen LogP contribution in [-0.2, 0) is 0 Å². The molecule has 80 valence electrons. The van der Waals surface area contributed by atoms with Crippen LogP contribution in [0.2, 0.25) is 5.22 Å². The van der Waals surface area contributed by atoms with Gasteiger partial charge >= 0.3 is 0 Å². The Bertz CT molecular complexity index is 710. The molecule has 0 radical (unpaired) electrons. The average Bonchev–Trinajstić information content (AvgIpc) is 2.84. The number of fused-ring (bicyclic) bond motifs is 1. The summed E-state index contributed by atoms with van der Waals surface area (Å²) in [4.78, 5) is 15.7. The molecule has 0 fully saturated rings. The molecule has 0 aromatic carbocycles. The molecule has 3 aromatic rings. The minimum Gasteiger partial charge on any atom is -0.441 e. The van der Waals surface area contributed by atoms with Crippen molar-refractivity contribution >= 4 is 17.2 Å². The fraction of sp³-hybridized carbons (Fsp3) is 0. The molecule has 0 saturated carbocycles. The summed E-state index contributed by atoms with van der Waals surface area (Å²) in [5, 5.41) is 3.11. The van der Waals surface area contributed by atoms with Gasteiger partial charge in [0.25, 0.3) is 5.56 Å². The highest BCUT2D eigenvalue weighted by Gasteiger charge is 2.09. The normalized spacial score (nSPS) is 11.1. The van der Waals surface area contributed by atoms with Crippen molar-refractivity contribution < 1.29 is 4.42 Å². The summed E-state index contributed by atoms with van der Waals surface area (Å²) in [6.45, 7) is 0. The molecule has 5 nitrogen and oxygen atoms in total. The second-order valence-electron chi connectivity index (χ2n) is 3.23. The smallest absolute Gasteiger partial charge is 0.271 e.